The zero-order valence-electron chi connectivity index (χ0n) is 20.3. The Bertz CT molecular complexity index is 1110. The summed E-state index contributed by atoms with van der Waals surface area (Å²) < 4.78 is 5.27. The largest absolute Gasteiger partial charge is 0.497 e. The lowest BCUT2D eigenvalue weighted by molar-refractivity contribution is -0.135. The van der Waals surface area contributed by atoms with Crippen molar-refractivity contribution >= 4 is 5.91 Å². The zero-order chi connectivity index (χ0) is 24.2. The van der Waals surface area contributed by atoms with Gasteiger partial charge in [-0.05, 0) is 53.8 Å². The molecule has 1 amide bonds. The van der Waals surface area contributed by atoms with E-state index in [1.54, 1.807) is 7.11 Å². The van der Waals surface area contributed by atoms with Crippen LogP contribution in [0.15, 0.2) is 78.9 Å². The molecule has 2 aliphatic rings. The zero-order valence-corrected chi connectivity index (χ0v) is 20.3. The number of benzene rings is 3. The van der Waals surface area contributed by atoms with Gasteiger partial charge in [-0.15, -0.1) is 0 Å². The highest BCUT2D eigenvalue weighted by molar-refractivity contribution is 5.79. The van der Waals surface area contributed by atoms with Gasteiger partial charge in [-0.25, -0.2) is 0 Å². The summed E-state index contributed by atoms with van der Waals surface area (Å²) in [5.41, 5.74) is 4.60. The maximum Gasteiger partial charge on any atom is 0.227 e. The first-order chi connectivity index (χ1) is 17.2. The number of hydrogen-bond acceptors (Lipinski definition) is 4. The number of hydrogen-bond donors (Lipinski definition) is 1. The molecule has 2 saturated heterocycles. The minimum Gasteiger partial charge on any atom is -0.497 e. The summed E-state index contributed by atoms with van der Waals surface area (Å²) in [6, 6.07) is 27.1. The standard InChI is InChI=1S/C30H34N2O3/c1-35-26-15-13-24(14-16-26)23-9-11-25(12-10-23)30-27-20-31(17-5-6-18-32(27)28(30)21-33)29(34)19-22-7-3-2-4-8-22/h2-4,7-16,27-28,30,33H,5-6,17-21H2,1H3/t27-,28-,30+/m0/s1. The number of fused-ring (bicyclic) bond motifs is 1. The average molecular weight is 471 g/mol. The van der Waals surface area contributed by atoms with Crippen molar-refractivity contribution in [1.29, 1.82) is 0 Å². The lowest BCUT2D eigenvalue weighted by Gasteiger charge is -2.57. The van der Waals surface area contributed by atoms with Crippen molar-refractivity contribution in [3.8, 4) is 16.9 Å². The fourth-order valence-corrected chi connectivity index (χ4v) is 5.73. The lowest BCUT2D eigenvalue weighted by Crippen LogP contribution is -2.68. The third-order valence-electron chi connectivity index (χ3n) is 7.64. The molecule has 5 nitrogen and oxygen atoms in total. The number of rotatable bonds is 6. The van der Waals surface area contributed by atoms with Gasteiger partial charge in [-0.3, -0.25) is 9.69 Å². The summed E-state index contributed by atoms with van der Waals surface area (Å²) in [7, 11) is 1.68. The van der Waals surface area contributed by atoms with E-state index in [9.17, 15) is 9.90 Å². The summed E-state index contributed by atoms with van der Waals surface area (Å²) in [6.07, 6.45) is 2.49. The van der Waals surface area contributed by atoms with Crippen LogP contribution in [0, 0.1) is 0 Å². The van der Waals surface area contributed by atoms with Crippen LogP contribution in [0.1, 0.15) is 29.9 Å². The van der Waals surface area contributed by atoms with E-state index in [2.05, 4.69) is 46.2 Å². The van der Waals surface area contributed by atoms with E-state index in [0.717, 1.165) is 48.4 Å². The molecule has 0 unspecified atom stereocenters. The van der Waals surface area contributed by atoms with Crippen LogP contribution >= 0.6 is 0 Å². The molecule has 0 spiro atoms. The lowest BCUT2D eigenvalue weighted by atomic mass is 9.74. The van der Waals surface area contributed by atoms with Crippen LogP contribution in [0.25, 0.3) is 11.1 Å². The van der Waals surface area contributed by atoms with Crippen molar-refractivity contribution in [2.24, 2.45) is 0 Å². The van der Waals surface area contributed by atoms with E-state index in [4.69, 9.17) is 4.74 Å². The molecular formula is C30H34N2O3. The van der Waals surface area contributed by atoms with Crippen LogP contribution in [-0.2, 0) is 11.2 Å². The first-order valence-electron chi connectivity index (χ1n) is 12.6. The van der Waals surface area contributed by atoms with Crippen molar-refractivity contribution in [3.05, 3.63) is 90.0 Å². The molecule has 0 aliphatic carbocycles. The van der Waals surface area contributed by atoms with Crippen LogP contribution in [0.2, 0.25) is 0 Å². The van der Waals surface area contributed by atoms with Gasteiger partial charge in [-0.2, -0.15) is 0 Å². The van der Waals surface area contributed by atoms with Crippen molar-refractivity contribution < 1.29 is 14.6 Å². The summed E-state index contributed by atoms with van der Waals surface area (Å²) in [5.74, 6) is 1.26. The second kappa shape index (κ2) is 10.6. The van der Waals surface area contributed by atoms with Gasteiger partial charge in [-0.1, -0.05) is 66.7 Å². The van der Waals surface area contributed by atoms with Crippen LogP contribution in [0.5, 0.6) is 5.75 Å². The monoisotopic (exact) mass is 470 g/mol. The average Bonchev–Trinajstić information content (AvgIpc) is 2.89. The summed E-state index contributed by atoms with van der Waals surface area (Å²) in [4.78, 5) is 17.7. The molecule has 2 fully saturated rings. The van der Waals surface area contributed by atoms with E-state index >= 15 is 0 Å². The number of carbonyl (C=O) groups excluding carboxylic acids is 1. The van der Waals surface area contributed by atoms with Crippen molar-refractivity contribution in [2.45, 2.75) is 37.3 Å². The van der Waals surface area contributed by atoms with E-state index in [0.29, 0.717) is 13.0 Å². The van der Waals surface area contributed by atoms with Crippen molar-refractivity contribution in [2.75, 3.05) is 33.4 Å². The molecule has 3 aromatic rings. The molecular weight excluding hydrogens is 436 g/mol. The molecule has 2 heterocycles. The molecule has 3 atom stereocenters. The third-order valence-corrected chi connectivity index (χ3v) is 7.64. The number of carbonyl (C=O) groups is 1. The maximum absolute atomic E-state index is 13.2. The Hall–Kier alpha value is -3.15. The van der Waals surface area contributed by atoms with Gasteiger partial charge in [0.2, 0.25) is 5.91 Å². The van der Waals surface area contributed by atoms with Crippen LogP contribution in [0.4, 0.5) is 0 Å². The first kappa shape index (κ1) is 23.6. The van der Waals surface area contributed by atoms with E-state index in [1.165, 1.54) is 5.56 Å². The molecule has 2 aliphatic heterocycles. The van der Waals surface area contributed by atoms with Gasteiger partial charge in [0.05, 0.1) is 20.1 Å². The molecule has 0 aromatic heterocycles. The van der Waals surface area contributed by atoms with Crippen molar-refractivity contribution in [3.63, 3.8) is 0 Å². The first-order valence-corrected chi connectivity index (χ1v) is 12.6. The van der Waals surface area contributed by atoms with Gasteiger partial charge in [0.15, 0.2) is 0 Å². The van der Waals surface area contributed by atoms with Gasteiger partial charge in [0.1, 0.15) is 5.75 Å². The van der Waals surface area contributed by atoms with Crippen LogP contribution in [-0.4, -0.2) is 66.2 Å². The fourth-order valence-electron chi connectivity index (χ4n) is 5.73. The van der Waals surface area contributed by atoms with E-state index < -0.39 is 0 Å². The number of amides is 1. The molecule has 35 heavy (non-hydrogen) atoms. The maximum atomic E-state index is 13.2. The molecule has 5 heteroatoms. The van der Waals surface area contributed by atoms with Gasteiger partial charge < -0.3 is 14.7 Å². The molecule has 0 bridgehead atoms. The molecule has 1 N–H and O–H groups in total. The Morgan fingerprint density at radius 3 is 2.23 bits per heavy atom. The Balaban J connectivity index is 1.33. The minimum atomic E-state index is 0.107. The number of ether oxygens (including phenoxy) is 1. The van der Waals surface area contributed by atoms with Gasteiger partial charge in [0, 0.05) is 31.1 Å². The highest BCUT2D eigenvalue weighted by atomic mass is 16.5. The van der Waals surface area contributed by atoms with Crippen LogP contribution in [0.3, 0.4) is 0 Å². The Morgan fingerprint density at radius 2 is 1.57 bits per heavy atom. The number of nitrogens with zero attached hydrogens (tertiary/aromatic N) is 2. The number of aliphatic hydroxyl groups is 1. The Kier molecular flexibility index (Phi) is 7.16. The molecule has 182 valence electrons. The van der Waals surface area contributed by atoms with Crippen molar-refractivity contribution in [1.82, 2.24) is 9.80 Å². The third kappa shape index (κ3) is 4.97. The quantitative estimate of drug-likeness (QED) is 0.582. The predicted octanol–water partition coefficient (Wildman–Crippen LogP) is 4.36. The molecule has 0 saturated carbocycles. The Morgan fingerprint density at radius 1 is 0.914 bits per heavy atom. The molecule has 0 radical (unpaired) electrons. The summed E-state index contributed by atoms with van der Waals surface area (Å²) in [5, 5.41) is 10.2. The second-order valence-electron chi connectivity index (χ2n) is 9.64. The second-order valence-corrected chi connectivity index (χ2v) is 9.64. The Labute approximate surface area is 208 Å². The molecule has 3 aromatic carbocycles. The number of aliphatic hydroxyl groups excluding tert-OH is 1. The van der Waals surface area contributed by atoms with Gasteiger partial charge in [0.25, 0.3) is 0 Å². The fraction of sp³-hybridized carbons (Fsp3) is 0.367. The van der Waals surface area contributed by atoms with Gasteiger partial charge >= 0.3 is 0 Å². The topological polar surface area (TPSA) is 53.0 Å². The SMILES string of the molecule is COc1ccc(-c2ccc([C@H]3[C@H](CO)N4CCCCN(C(=O)Cc5ccccc5)C[C@@H]34)cc2)cc1. The summed E-state index contributed by atoms with van der Waals surface area (Å²) in [6.45, 7) is 2.65. The molecule has 5 rings (SSSR count). The number of methoxy groups -OCH3 is 1. The minimum absolute atomic E-state index is 0.107. The van der Waals surface area contributed by atoms with Crippen LogP contribution < -0.4 is 4.74 Å². The summed E-state index contributed by atoms with van der Waals surface area (Å²) >= 11 is 0. The highest BCUT2D eigenvalue weighted by Gasteiger charge is 2.49. The normalized spacial score (nSPS) is 22.5. The predicted molar refractivity (Wildman–Crippen MR) is 138 cm³/mol. The van der Waals surface area contributed by atoms with E-state index in [-0.39, 0.29) is 30.5 Å². The van der Waals surface area contributed by atoms with E-state index in [1.807, 2.05) is 42.5 Å². The highest BCUT2D eigenvalue weighted by Crippen LogP contribution is 2.42. The smallest absolute Gasteiger partial charge is 0.227 e.